The summed E-state index contributed by atoms with van der Waals surface area (Å²) in [5.41, 5.74) is 0.884. The van der Waals surface area contributed by atoms with Crippen molar-refractivity contribution in [2.45, 2.75) is 0 Å². The molecule has 0 fully saturated rings. The van der Waals surface area contributed by atoms with Gasteiger partial charge < -0.3 is 19.0 Å². The fraction of sp³-hybridized carbons (Fsp3) is 0.176. The van der Waals surface area contributed by atoms with Crippen molar-refractivity contribution in [3.05, 3.63) is 53.6 Å². The van der Waals surface area contributed by atoms with E-state index in [-0.39, 0.29) is 5.75 Å². The molecule has 2 rings (SSSR count). The molecule has 0 unspecified atom stereocenters. The number of esters is 1. The van der Waals surface area contributed by atoms with Gasteiger partial charge in [-0.3, -0.25) is 0 Å². The second-order valence-corrected chi connectivity index (χ2v) is 4.39. The molecule has 2 aromatic rings. The predicted octanol–water partition coefficient (Wildman–Crippen LogP) is 2.90. The lowest BCUT2D eigenvalue weighted by Crippen LogP contribution is -2.10. The van der Waals surface area contributed by atoms with E-state index < -0.39 is 5.97 Å². The first kappa shape index (κ1) is 16.4. The minimum atomic E-state index is -0.482. The van der Waals surface area contributed by atoms with Crippen molar-refractivity contribution in [1.82, 2.24) is 0 Å². The molecule has 6 nitrogen and oxygen atoms in total. The third kappa shape index (κ3) is 3.79. The molecule has 6 heteroatoms. The van der Waals surface area contributed by atoms with Crippen LogP contribution in [0.5, 0.6) is 17.2 Å². The topological polar surface area (TPSA) is 66.4 Å². The summed E-state index contributed by atoms with van der Waals surface area (Å²) in [7, 11) is 4.42. The Morgan fingerprint density at radius 3 is 2.26 bits per heavy atom. The van der Waals surface area contributed by atoms with Crippen LogP contribution in [0.3, 0.4) is 0 Å². The highest BCUT2D eigenvalue weighted by Gasteiger charge is 2.18. The third-order valence-electron chi connectivity index (χ3n) is 3.04. The molecule has 0 heterocycles. The molecule has 23 heavy (non-hydrogen) atoms. The van der Waals surface area contributed by atoms with Crippen LogP contribution in [-0.4, -0.2) is 33.5 Å². The van der Waals surface area contributed by atoms with Gasteiger partial charge in [-0.2, -0.15) is 0 Å². The molecular weight excluding hydrogens is 298 g/mol. The van der Waals surface area contributed by atoms with Gasteiger partial charge in [-0.05, 0) is 24.3 Å². The number of carbonyl (C=O) groups excluding carboxylic acids is 1. The van der Waals surface area contributed by atoms with Crippen LogP contribution in [0.4, 0.5) is 0 Å². The van der Waals surface area contributed by atoms with Gasteiger partial charge in [0.05, 0.1) is 31.6 Å². The molecule has 0 saturated heterocycles. The van der Waals surface area contributed by atoms with Gasteiger partial charge in [0.2, 0.25) is 0 Å². The van der Waals surface area contributed by atoms with E-state index in [0.29, 0.717) is 22.6 Å². The van der Waals surface area contributed by atoms with Crippen LogP contribution in [-0.2, 0) is 4.84 Å². The average Bonchev–Trinajstić information content (AvgIpc) is 2.60. The zero-order chi connectivity index (χ0) is 16.7. The maximum absolute atomic E-state index is 12.2. The number of oxime groups is 1. The summed E-state index contributed by atoms with van der Waals surface area (Å²) < 4.78 is 16.0. The number of ether oxygens (including phenoxy) is 3. The molecule has 0 aliphatic carbocycles. The number of nitrogens with zero attached hydrogens (tertiary/aromatic N) is 1. The van der Waals surface area contributed by atoms with Crippen molar-refractivity contribution in [3.8, 4) is 17.2 Å². The van der Waals surface area contributed by atoms with E-state index in [1.165, 1.54) is 27.5 Å². The van der Waals surface area contributed by atoms with Crippen LogP contribution < -0.4 is 14.2 Å². The molecule has 0 atom stereocenters. The molecule has 0 bridgehead atoms. The summed E-state index contributed by atoms with van der Waals surface area (Å²) in [6, 6.07) is 12.0. The van der Waals surface area contributed by atoms with E-state index in [9.17, 15) is 4.79 Å². The Bertz CT molecular complexity index is 698. The second-order valence-electron chi connectivity index (χ2n) is 4.39. The molecule has 120 valence electrons. The van der Waals surface area contributed by atoms with Crippen molar-refractivity contribution in [2.24, 2.45) is 5.16 Å². The number of hydrogen-bond donors (Lipinski definition) is 0. The minimum Gasteiger partial charge on any atom is -0.493 e. The van der Waals surface area contributed by atoms with E-state index >= 15 is 0 Å². The van der Waals surface area contributed by atoms with E-state index in [4.69, 9.17) is 19.0 Å². The van der Waals surface area contributed by atoms with Gasteiger partial charge in [-0.15, -0.1) is 0 Å². The van der Waals surface area contributed by atoms with Crippen LogP contribution in [0.2, 0.25) is 0 Å². The fourth-order valence-electron chi connectivity index (χ4n) is 1.98. The SMILES string of the molecule is CO/N=C/c1c(OC(=O)c2ccccc2)ccc(OC)c1OC. The maximum Gasteiger partial charge on any atom is 0.343 e. The number of carbonyl (C=O) groups is 1. The Morgan fingerprint density at radius 2 is 1.65 bits per heavy atom. The molecular formula is C17H17NO5. The average molecular weight is 315 g/mol. The zero-order valence-electron chi connectivity index (χ0n) is 13.1. The van der Waals surface area contributed by atoms with E-state index in [2.05, 4.69) is 5.16 Å². The summed E-state index contributed by atoms with van der Waals surface area (Å²) >= 11 is 0. The standard InChI is InChI=1S/C17H17NO5/c1-20-15-10-9-14(13(11-18-22-3)16(15)21-2)23-17(19)12-7-5-4-6-8-12/h4-11H,1-3H3/b18-11+. The Morgan fingerprint density at radius 1 is 0.957 bits per heavy atom. The van der Waals surface area contributed by atoms with Gasteiger partial charge in [0.25, 0.3) is 0 Å². The molecule has 0 amide bonds. The Labute approximate surface area is 134 Å². The Balaban J connectivity index is 2.41. The van der Waals surface area contributed by atoms with Gasteiger partial charge >= 0.3 is 5.97 Å². The highest BCUT2D eigenvalue weighted by molar-refractivity contribution is 5.94. The van der Waals surface area contributed by atoms with Crippen molar-refractivity contribution in [2.75, 3.05) is 21.3 Å². The van der Waals surface area contributed by atoms with Crippen LogP contribution in [0.25, 0.3) is 0 Å². The zero-order valence-corrected chi connectivity index (χ0v) is 13.1. The van der Waals surface area contributed by atoms with Crippen LogP contribution >= 0.6 is 0 Å². The predicted molar refractivity (Wildman–Crippen MR) is 85.5 cm³/mol. The fourth-order valence-corrected chi connectivity index (χ4v) is 1.98. The summed E-state index contributed by atoms with van der Waals surface area (Å²) in [5, 5.41) is 3.71. The molecule has 0 aliphatic rings. The van der Waals surface area contributed by atoms with Crippen molar-refractivity contribution in [3.63, 3.8) is 0 Å². The maximum atomic E-state index is 12.2. The van der Waals surface area contributed by atoms with Crippen LogP contribution in [0, 0.1) is 0 Å². The number of benzene rings is 2. The molecule has 0 radical (unpaired) electrons. The lowest BCUT2D eigenvalue weighted by Gasteiger charge is -2.14. The van der Waals surface area contributed by atoms with Crippen molar-refractivity contribution < 1.29 is 23.8 Å². The van der Waals surface area contributed by atoms with Crippen LogP contribution in [0.1, 0.15) is 15.9 Å². The van der Waals surface area contributed by atoms with Crippen molar-refractivity contribution >= 4 is 12.2 Å². The lowest BCUT2D eigenvalue weighted by molar-refractivity contribution is 0.0734. The molecule has 0 spiro atoms. The van der Waals surface area contributed by atoms with E-state index in [0.717, 1.165) is 0 Å². The summed E-state index contributed by atoms with van der Waals surface area (Å²) in [6.07, 6.45) is 1.40. The first-order valence-corrected chi connectivity index (χ1v) is 6.80. The van der Waals surface area contributed by atoms with Gasteiger partial charge in [0.15, 0.2) is 11.5 Å². The largest absolute Gasteiger partial charge is 0.493 e. The highest BCUT2D eigenvalue weighted by atomic mass is 16.6. The molecule has 0 aliphatic heterocycles. The first-order valence-electron chi connectivity index (χ1n) is 6.80. The van der Waals surface area contributed by atoms with Gasteiger partial charge in [0.1, 0.15) is 12.9 Å². The smallest absolute Gasteiger partial charge is 0.343 e. The molecule has 2 aromatic carbocycles. The van der Waals surface area contributed by atoms with Gasteiger partial charge in [-0.25, -0.2) is 4.79 Å². The monoisotopic (exact) mass is 315 g/mol. The Kier molecular flexibility index (Phi) is 5.57. The van der Waals surface area contributed by atoms with E-state index in [1.807, 2.05) is 6.07 Å². The van der Waals surface area contributed by atoms with Crippen molar-refractivity contribution in [1.29, 1.82) is 0 Å². The Hall–Kier alpha value is -3.02. The van der Waals surface area contributed by atoms with E-state index in [1.54, 1.807) is 36.4 Å². The second kappa shape index (κ2) is 7.84. The lowest BCUT2D eigenvalue weighted by atomic mass is 10.1. The number of methoxy groups -OCH3 is 2. The molecule has 0 saturated carbocycles. The van der Waals surface area contributed by atoms with Crippen LogP contribution in [0.15, 0.2) is 47.6 Å². The summed E-state index contributed by atoms with van der Waals surface area (Å²) in [4.78, 5) is 16.9. The molecule has 0 N–H and O–H groups in total. The molecule has 0 aromatic heterocycles. The minimum absolute atomic E-state index is 0.289. The number of hydrogen-bond acceptors (Lipinski definition) is 6. The summed E-state index contributed by atoms with van der Waals surface area (Å²) in [5.74, 6) is 0.693. The first-order chi connectivity index (χ1) is 11.2. The van der Waals surface area contributed by atoms with Gasteiger partial charge in [-0.1, -0.05) is 23.4 Å². The van der Waals surface area contributed by atoms with Gasteiger partial charge in [0, 0.05) is 0 Å². The quantitative estimate of drug-likeness (QED) is 0.355. The number of rotatable bonds is 6. The summed E-state index contributed by atoms with van der Waals surface area (Å²) in [6.45, 7) is 0. The highest BCUT2D eigenvalue weighted by Crippen LogP contribution is 2.36. The normalized spacial score (nSPS) is 10.4. The third-order valence-corrected chi connectivity index (χ3v) is 3.04.